The van der Waals surface area contributed by atoms with E-state index in [4.69, 9.17) is 5.73 Å². The summed E-state index contributed by atoms with van der Waals surface area (Å²) in [4.78, 5) is 10.2. The van der Waals surface area contributed by atoms with Gasteiger partial charge in [-0.3, -0.25) is 4.98 Å². The van der Waals surface area contributed by atoms with Gasteiger partial charge in [0.2, 0.25) is 0 Å². The number of hydrogen-bond donors (Lipinski definition) is 1. The molecule has 0 radical (unpaired) electrons. The third-order valence-corrected chi connectivity index (χ3v) is 1.83. The molecule has 2 N–H and O–H groups in total. The molecule has 4 heteroatoms. The molecule has 1 aromatic heterocycles. The van der Waals surface area contributed by atoms with E-state index in [9.17, 15) is 0 Å². The molecule has 1 heterocycles. The van der Waals surface area contributed by atoms with Gasteiger partial charge in [0, 0.05) is 13.2 Å². The fourth-order valence-electron chi connectivity index (χ4n) is 1.10. The Morgan fingerprint density at radius 3 is 2.60 bits per heavy atom. The largest absolute Gasteiger partial charge is 0.370 e. The smallest absolute Gasteiger partial charge is 0.196 e. The van der Waals surface area contributed by atoms with Crippen molar-refractivity contribution < 1.29 is 0 Å². The first kappa shape index (κ1) is 11.5. The summed E-state index contributed by atoms with van der Waals surface area (Å²) in [6.45, 7) is 6.03. The maximum atomic E-state index is 5.88. The molecule has 0 unspecified atom stereocenters. The van der Waals surface area contributed by atoms with Crippen LogP contribution in [0.4, 0.5) is 5.69 Å². The number of pyridine rings is 1. The van der Waals surface area contributed by atoms with Gasteiger partial charge in [0.25, 0.3) is 0 Å². The second kappa shape index (κ2) is 4.29. The van der Waals surface area contributed by atoms with E-state index in [2.05, 4.69) is 9.98 Å². The first-order valence-electron chi connectivity index (χ1n) is 4.89. The molecule has 0 atom stereocenters. The van der Waals surface area contributed by atoms with Crippen molar-refractivity contribution in [3.05, 3.63) is 24.5 Å². The Morgan fingerprint density at radius 1 is 1.47 bits per heavy atom. The highest BCUT2D eigenvalue weighted by Crippen LogP contribution is 2.11. The van der Waals surface area contributed by atoms with Gasteiger partial charge in [0.15, 0.2) is 5.96 Å². The van der Waals surface area contributed by atoms with E-state index >= 15 is 0 Å². The zero-order valence-corrected chi connectivity index (χ0v) is 9.73. The van der Waals surface area contributed by atoms with E-state index in [1.807, 2.05) is 44.9 Å². The molecule has 4 nitrogen and oxygen atoms in total. The van der Waals surface area contributed by atoms with Crippen LogP contribution < -0.4 is 10.6 Å². The Morgan fingerprint density at radius 2 is 2.13 bits per heavy atom. The van der Waals surface area contributed by atoms with Crippen LogP contribution >= 0.6 is 0 Å². The lowest BCUT2D eigenvalue weighted by Gasteiger charge is -2.21. The minimum atomic E-state index is -0.166. The molecule has 0 fully saturated rings. The van der Waals surface area contributed by atoms with Crippen LogP contribution in [0.3, 0.4) is 0 Å². The number of nitrogens with zero attached hydrogens (tertiary/aromatic N) is 3. The van der Waals surface area contributed by atoms with Crippen molar-refractivity contribution in [3.8, 4) is 0 Å². The van der Waals surface area contributed by atoms with Gasteiger partial charge in [-0.1, -0.05) is 0 Å². The molecular formula is C11H18N4. The van der Waals surface area contributed by atoms with Crippen molar-refractivity contribution in [2.24, 2.45) is 10.7 Å². The number of guanidine groups is 1. The average Bonchev–Trinajstić information content (AvgIpc) is 2.15. The summed E-state index contributed by atoms with van der Waals surface area (Å²) < 4.78 is 0. The number of aromatic nitrogens is 1. The molecule has 1 rings (SSSR count). The number of nitrogens with two attached hydrogens (primary N) is 1. The number of rotatable bonds is 1. The van der Waals surface area contributed by atoms with Crippen molar-refractivity contribution in [3.63, 3.8) is 0 Å². The Kier molecular flexibility index (Phi) is 3.29. The third kappa shape index (κ3) is 3.58. The lowest BCUT2D eigenvalue weighted by Crippen LogP contribution is -2.36. The van der Waals surface area contributed by atoms with Gasteiger partial charge in [-0.25, -0.2) is 4.99 Å². The van der Waals surface area contributed by atoms with Crippen LogP contribution in [0.5, 0.6) is 0 Å². The summed E-state index contributed by atoms with van der Waals surface area (Å²) in [5, 5.41) is 0. The lowest BCUT2D eigenvalue weighted by atomic mass is 10.1. The molecule has 0 saturated heterocycles. The summed E-state index contributed by atoms with van der Waals surface area (Å²) in [7, 11) is 1.88. The summed E-state index contributed by atoms with van der Waals surface area (Å²) in [5.74, 6) is 0.496. The monoisotopic (exact) mass is 206 g/mol. The summed E-state index contributed by atoms with van der Waals surface area (Å²) in [6, 6.07) is 3.81. The van der Waals surface area contributed by atoms with Gasteiger partial charge in [-0.2, -0.15) is 0 Å². The molecule has 0 aliphatic heterocycles. The van der Waals surface area contributed by atoms with Crippen molar-refractivity contribution in [1.82, 2.24) is 4.98 Å². The van der Waals surface area contributed by atoms with Gasteiger partial charge >= 0.3 is 0 Å². The van der Waals surface area contributed by atoms with E-state index in [-0.39, 0.29) is 5.54 Å². The van der Waals surface area contributed by atoms with Crippen molar-refractivity contribution >= 4 is 11.6 Å². The first-order chi connectivity index (χ1) is 6.90. The number of hydrogen-bond acceptors (Lipinski definition) is 2. The second-order valence-electron chi connectivity index (χ2n) is 4.41. The number of anilines is 1. The number of aliphatic imine (C=N–C) groups is 1. The molecule has 0 aliphatic carbocycles. The predicted octanol–water partition coefficient (Wildman–Crippen LogP) is 1.63. The maximum absolute atomic E-state index is 5.88. The minimum absolute atomic E-state index is 0.166. The quantitative estimate of drug-likeness (QED) is 0.561. The SMILES string of the molecule is CN(C(N)=NC(C)(C)C)c1cccnc1. The fourth-order valence-corrected chi connectivity index (χ4v) is 1.10. The van der Waals surface area contributed by atoms with Gasteiger partial charge in [-0.05, 0) is 32.9 Å². The normalized spacial score (nSPS) is 12.7. The molecule has 0 aliphatic rings. The van der Waals surface area contributed by atoms with Crippen molar-refractivity contribution in [2.75, 3.05) is 11.9 Å². The Balaban J connectivity index is 2.87. The standard InChI is InChI=1S/C11H18N4/c1-11(2,3)14-10(12)15(4)9-6-5-7-13-8-9/h5-8H,1-4H3,(H2,12,14). The van der Waals surface area contributed by atoms with E-state index in [0.717, 1.165) is 5.69 Å². The van der Waals surface area contributed by atoms with E-state index in [1.54, 1.807) is 12.4 Å². The Labute approximate surface area is 90.8 Å². The van der Waals surface area contributed by atoms with Crippen LogP contribution in [0.15, 0.2) is 29.5 Å². The van der Waals surface area contributed by atoms with Gasteiger partial charge in [0.05, 0.1) is 17.4 Å². The Hall–Kier alpha value is -1.58. The molecule has 0 bridgehead atoms. The summed E-state index contributed by atoms with van der Waals surface area (Å²) in [5.41, 5.74) is 6.65. The van der Waals surface area contributed by atoms with Gasteiger partial charge in [0.1, 0.15) is 0 Å². The predicted molar refractivity (Wildman–Crippen MR) is 64.0 cm³/mol. The Bertz CT molecular complexity index is 337. The molecule has 0 aromatic carbocycles. The van der Waals surface area contributed by atoms with E-state index in [1.165, 1.54) is 0 Å². The molecule has 82 valence electrons. The second-order valence-corrected chi connectivity index (χ2v) is 4.41. The van der Waals surface area contributed by atoms with Crippen LogP contribution in [0.1, 0.15) is 20.8 Å². The van der Waals surface area contributed by atoms with Crippen LogP contribution in [0.25, 0.3) is 0 Å². The molecule has 0 spiro atoms. The van der Waals surface area contributed by atoms with Crippen LogP contribution in [0, 0.1) is 0 Å². The zero-order valence-electron chi connectivity index (χ0n) is 9.73. The lowest BCUT2D eigenvalue weighted by molar-refractivity contribution is 0.581. The fraction of sp³-hybridized carbons (Fsp3) is 0.455. The molecular weight excluding hydrogens is 188 g/mol. The van der Waals surface area contributed by atoms with Crippen molar-refractivity contribution in [1.29, 1.82) is 0 Å². The first-order valence-corrected chi connectivity index (χ1v) is 4.89. The van der Waals surface area contributed by atoms with Crippen LogP contribution in [-0.2, 0) is 0 Å². The molecule has 0 amide bonds. The van der Waals surface area contributed by atoms with Gasteiger partial charge in [-0.15, -0.1) is 0 Å². The zero-order chi connectivity index (χ0) is 11.5. The highest BCUT2D eigenvalue weighted by molar-refractivity contribution is 5.94. The maximum Gasteiger partial charge on any atom is 0.196 e. The van der Waals surface area contributed by atoms with Crippen molar-refractivity contribution in [2.45, 2.75) is 26.3 Å². The topological polar surface area (TPSA) is 54.5 Å². The van der Waals surface area contributed by atoms with Crippen LogP contribution in [0.2, 0.25) is 0 Å². The highest BCUT2D eigenvalue weighted by atomic mass is 15.2. The third-order valence-electron chi connectivity index (χ3n) is 1.83. The minimum Gasteiger partial charge on any atom is -0.370 e. The van der Waals surface area contributed by atoms with E-state index < -0.39 is 0 Å². The van der Waals surface area contributed by atoms with E-state index in [0.29, 0.717) is 5.96 Å². The van der Waals surface area contributed by atoms with Crippen LogP contribution in [-0.4, -0.2) is 23.5 Å². The highest BCUT2D eigenvalue weighted by Gasteiger charge is 2.11. The molecule has 0 saturated carbocycles. The van der Waals surface area contributed by atoms with Gasteiger partial charge < -0.3 is 10.6 Å². The average molecular weight is 206 g/mol. The molecule has 1 aromatic rings. The summed E-state index contributed by atoms with van der Waals surface area (Å²) >= 11 is 0. The summed E-state index contributed by atoms with van der Waals surface area (Å²) in [6.07, 6.45) is 3.49. The molecule has 15 heavy (non-hydrogen) atoms.